The molecule has 0 aliphatic carbocycles. The van der Waals surface area contributed by atoms with Gasteiger partial charge in [-0.2, -0.15) is 0 Å². The smallest absolute Gasteiger partial charge is 0.185 e. The Balaban J connectivity index is 1.74. The molecule has 0 saturated heterocycles. The van der Waals surface area contributed by atoms with Crippen LogP contribution in [-0.2, 0) is 6.61 Å². The quantitative estimate of drug-likeness (QED) is 0.383. The van der Waals surface area contributed by atoms with Gasteiger partial charge < -0.3 is 14.6 Å². The number of aromatic hydroxyl groups is 1. The molecule has 0 aliphatic rings. The number of methoxy groups -OCH3 is 1. The van der Waals surface area contributed by atoms with Gasteiger partial charge in [-0.1, -0.05) is 40.2 Å². The van der Waals surface area contributed by atoms with Crippen molar-refractivity contribution >= 4 is 27.8 Å². The largest absolute Gasteiger partial charge is 0.508 e. The molecule has 0 aromatic heterocycles. The van der Waals surface area contributed by atoms with E-state index in [0.717, 1.165) is 21.3 Å². The van der Waals surface area contributed by atoms with Gasteiger partial charge in [-0.3, -0.25) is 4.79 Å². The van der Waals surface area contributed by atoms with Crippen molar-refractivity contribution in [3.63, 3.8) is 0 Å². The van der Waals surface area contributed by atoms with Crippen LogP contribution in [0.4, 0.5) is 0 Å². The van der Waals surface area contributed by atoms with Crippen LogP contribution in [0.25, 0.3) is 6.08 Å². The third-order valence-corrected chi connectivity index (χ3v) is 4.60. The molecule has 0 heterocycles. The topological polar surface area (TPSA) is 55.8 Å². The Morgan fingerprint density at radius 3 is 2.57 bits per heavy atom. The molecule has 3 aromatic carbocycles. The Bertz CT molecular complexity index is 994. The van der Waals surface area contributed by atoms with Crippen LogP contribution in [0, 0.1) is 0 Å². The molecular weight excluding hydrogens is 420 g/mol. The summed E-state index contributed by atoms with van der Waals surface area (Å²) in [6, 6.07) is 19.5. The molecule has 0 fully saturated rings. The van der Waals surface area contributed by atoms with Crippen LogP contribution in [-0.4, -0.2) is 18.0 Å². The van der Waals surface area contributed by atoms with Crippen molar-refractivity contribution in [2.75, 3.05) is 7.11 Å². The summed E-state index contributed by atoms with van der Waals surface area (Å²) in [7, 11) is 1.61. The predicted octanol–water partition coefficient (Wildman–Crippen LogP) is 5.64. The number of hydrogen-bond acceptors (Lipinski definition) is 4. The Hall–Kier alpha value is -3.05. The summed E-state index contributed by atoms with van der Waals surface area (Å²) in [4.78, 5) is 12.3. The number of carbonyl (C=O) groups excluding carboxylic acids is 1. The number of phenolic OH excluding ortho intramolecular Hbond substituents is 1. The molecule has 0 bridgehead atoms. The van der Waals surface area contributed by atoms with Gasteiger partial charge in [0.1, 0.15) is 23.9 Å². The average molecular weight is 439 g/mol. The Labute approximate surface area is 172 Å². The van der Waals surface area contributed by atoms with Crippen LogP contribution in [0.3, 0.4) is 0 Å². The minimum absolute atomic E-state index is 0.0658. The summed E-state index contributed by atoms with van der Waals surface area (Å²) < 4.78 is 12.2. The number of allylic oxidation sites excluding steroid dienone is 1. The first-order valence-electron chi connectivity index (χ1n) is 8.62. The summed E-state index contributed by atoms with van der Waals surface area (Å²) >= 11 is 3.40. The molecule has 142 valence electrons. The number of phenols is 1. The second kappa shape index (κ2) is 9.24. The zero-order chi connectivity index (χ0) is 19.9. The molecule has 0 aliphatic heterocycles. The first-order valence-corrected chi connectivity index (χ1v) is 9.41. The Morgan fingerprint density at radius 2 is 1.86 bits per heavy atom. The van der Waals surface area contributed by atoms with E-state index < -0.39 is 0 Å². The van der Waals surface area contributed by atoms with Crippen LogP contribution in [0.5, 0.6) is 17.2 Å². The van der Waals surface area contributed by atoms with Gasteiger partial charge in [0, 0.05) is 15.6 Å². The van der Waals surface area contributed by atoms with E-state index in [1.807, 2.05) is 42.5 Å². The summed E-state index contributed by atoms with van der Waals surface area (Å²) in [6.45, 7) is 0.340. The molecule has 1 N–H and O–H groups in total. The molecule has 0 amide bonds. The molecule has 3 rings (SSSR count). The lowest BCUT2D eigenvalue weighted by Gasteiger charge is -2.11. The summed E-state index contributed by atoms with van der Waals surface area (Å²) in [5.74, 6) is 1.36. The van der Waals surface area contributed by atoms with Gasteiger partial charge in [-0.15, -0.1) is 0 Å². The van der Waals surface area contributed by atoms with E-state index in [1.54, 1.807) is 25.3 Å². The lowest BCUT2D eigenvalue weighted by molar-refractivity contribution is 0.104. The number of carbonyl (C=O) groups is 1. The molecule has 3 aromatic rings. The summed E-state index contributed by atoms with van der Waals surface area (Å²) in [5.41, 5.74) is 2.16. The fraction of sp³-hybridized carbons (Fsp3) is 0.0870. The normalized spacial score (nSPS) is 10.8. The van der Waals surface area contributed by atoms with Gasteiger partial charge in [-0.25, -0.2) is 0 Å². The van der Waals surface area contributed by atoms with Crippen LogP contribution in [0.1, 0.15) is 21.5 Å². The first kappa shape index (κ1) is 19.7. The minimum Gasteiger partial charge on any atom is -0.508 e. The van der Waals surface area contributed by atoms with Gasteiger partial charge in [0.05, 0.1) is 7.11 Å². The lowest BCUT2D eigenvalue weighted by Crippen LogP contribution is -1.99. The predicted molar refractivity (Wildman–Crippen MR) is 113 cm³/mol. The van der Waals surface area contributed by atoms with E-state index in [9.17, 15) is 9.90 Å². The molecule has 0 unspecified atom stereocenters. The average Bonchev–Trinajstić information content (AvgIpc) is 2.71. The van der Waals surface area contributed by atoms with E-state index >= 15 is 0 Å². The van der Waals surface area contributed by atoms with Crippen molar-refractivity contribution < 1.29 is 19.4 Å². The molecule has 0 atom stereocenters. The van der Waals surface area contributed by atoms with E-state index in [-0.39, 0.29) is 11.5 Å². The first-order chi connectivity index (χ1) is 13.5. The highest BCUT2D eigenvalue weighted by Crippen LogP contribution is 2.24. The number of ether oxygens (including phenoxy) is 2. The van der Waals surface area contributed by atoms with E-state index in [2.05, 4.69) is 15.9 Å². The van der Waals surface area contributed by atoms with Crippen molar-refractivity contribution in [2.24, 2.45) is 0 Å². The maximum absolute atomic E-state index is 12.3. The van der Waals surface area contributed by atoms with Gasteiger partial charge >= 0.3 is 0 Å². The van der Waals surface area contributed by atoms with Crippen LogP contribution in [0.15, 0.2) is 77.3 Å². The highest BCUT2D eigenvalue weighted by atomic mass is 79.9. The van der Waals surface area contributed by atoms with Gasteiger partial charge in [-0.05, 0) is 60.2 Å². The van der Waals surface area contributed by atoms with Crippen LogP contribution >= 0.6 is 15.9 Å². The molecular formula is C23H19BrO4. The van der Waals surface area contributed by atoms with Gasteiger partial charge in [0.25, 0.3) is 0 Å². The van der Waals surface area contributed by atoms with Crippen molar-refractivity contribution in [3.8, 4) is 17.2 Å². The highest BCUT2D eigenvalue weighted by molar-refractivity contribution is 9.10. The zero-order valence-electron chi connectivity index (χ0n) is 15.3. The summed E-state index contributed by atoms with van der Waals surface area (Å²) in [6.07, 6.45) is 3.21. The van der Waals surface area contributed by atoms with Gasteiger partial charge in [0.2, 0.25) is 0 Å². The van der Waals surface area contributed by atoms with E-state index in [1.165, 1.54) is 18.2 Å². The fourth-order valence-corrected chi connectivity index (χ4v) is 2.90. The second-order valence-corrected chi connectivity index (χ2v) is 6.98. The van der Waals surface area contributed by atoms with E-state index in [0.29, 0.717) is 17.9 Å². The number of rotatable bonds is 7. The monoisotopic (exact) mass is 438 g/mol. The maximum atomic E-state index is 12.3. The molecule has 28 heavy (non-hydrogen) atoms. The number of halogens is 1. The molecule has 4 nitrogen and oxygen atoms in total. The van der Waals surface area contributed by atoms with Crippen molar-refractivity contribution in [1.82, 2.24) is 0 Å². The standard InChI is InChI=1S/C23H19BrO4/c1-27-23-12-6-16(5-11-22(26)17-3-2-4-20(25)14-17)13-18(23)15-28-21-9-7-19(24)8-10-21/h2-14,25H,15H2,1H3/b11-5+. The molecule has 0 saturated carbocycles. The van der Waals surface area contributed by atoms with Crippen molar-refractivity contribution in [1.29, 1.82) is 0 Å². The van der Waals surface area contributed by atoms with E-state index in [4.69, 9.17) is 9.47 Å². The Kier molecular flexibility index (Phi) is 6.50. The summed E-state index contributed by atoms with van der Waals surface area (Å²) in [5, 5.41) is 9.50. The molecule has 0 radical (unpaired) electrons. The lowest BCUT2D eigenvalue weighted by atomic mass is 10.1. The zero-order valence-corrected chi connectivity index (χ0v) is 16.8. The number of hydrogen-bond donors (Lipinski definition) is 1. The number of benzene rings is 3. The molecule has 0 spiro atoms. The SMILES string of the molecule is COc1ccc(/C=C/C(=O)c2cccc(O)c2)cc1COc1ccc(Br)cc1. The molecule has 5 heteroatoms. The minimum atomic E-state index is -0.181. The third-order valence-electron chi connectivity index (χ3n) is 4.07. The van der Waals surface area contributed by atoms with Crippen molar-refractivity contribution in [3.05, 3.63) is 94.0 Å². The Morgan fingerprint density at radius 1 is 1.07 bits per heavy atom. The maximum Gasteiger partial charge on any atom is 0.185 e. The van der Waals surface area contributed by atoms with Crippen LogP contribution in [0.2, 0.25) is 0 Å². The second-order valence-electron chi connectivity index (χ2n) is 6.06. The third kappa shape index (κ3) is 5.24. The fourth-order valence-electron chi connectivity index (χ4n) is 2.63. The highest BCUT2D eigenvalue weighted by Gasteiger charge is 2.06. The van der Waals surface area contributed by atoms with Crippen molar-refractivity contribution in [2.45, 2.75) is 6.61 Å². The number of ketones is 1. The van der Waals surface area contributed by atoms with Gasteiger partial charge in [0.15, 0.2) is 5.78 Å². The van der Waals surface area contributed by atoms with Crippen LogP contribution < -0.4 is 9.47 Å².